The van der Waals surface area contributed by atoms with E-state index in [0.29, 0.717) is 50.9 Å². The Morgan fingerprint density at radius 3 is 1.81 bits per heavy atom. The van der Waals surface area contributed by atoms with Crippen LogP contribution in [0.5, 0.6) is 0 Å². The number of Topliss-reactive ketones (excluding diaryl/α,β-unsaturated/α-hetero) is 2. The molecule has 10 heteroatoms. The van der Waals surface area contributed by atoms with E-state index in [9.17, 15) is 32.8 Å². The molecule has 0 aliphatic heterocycles. The van der Waals surface area contributed by atoms with Crippen molar-refractivity contribution < 1.29 is 42.2 Å². The highest BCUT2D eigenvalue weighted by Gasteiger charge is 2.45. The Bertz CT molecular complexity index is 1090. The Morgan fingerprint density at radius 1 is 0.857 bits per heavy atom. The fourth-order valence-electron chi connectivity index (χ4n) is 6.22. The summed E-state index contributed by atoms with van der Waals surface area (Å²) >= 11 is 0. The van der Waals surface area contributed by atoms with Crippen LogP contribution in [-0.2, 0) is 33.4 Å². The molecule has 0 amide bonds. The molecule has 3 rings (SSSR count). The fraction of sp³-hybridized carbons (Fsp3) is 0.656. The number of ketones is 2. The van der Waals surface area contributed by atoms with E-state index in [1.54, 1.807) is 27.7 Å². The van der Waals surface area contributed by atoms with Crippen LogP contribution in [0.2, 0.25) is 0 Å². The van der Waals surface area contributed by atoms with Gasteiger partial charge in [-0.1, -0.05) is 12.8 Å². The van der Waals surface area contributed by atoms with E-state index in [0.717, 1.165) is 38.0 Å². The molecule has 1 aromatic carbocycles. The Hall–Kier alpha value is -3.17. The van der Waals surface area contributed by atoms with Gasteiger partial charge >= 0.3 is 11.9 Å². The number of hydrogen-bond acceptors (Lipinski definition) is 8. The second-order valence-corrected chi connectivity index (χ2v) is 11.5. The predicted molar refractivity (Wildman–Crippen MR) is 154 cm³/mol. The molecule has 2 aliphatic rings. The van der Waals surface area contributed by atoms with Crippen molar-refractivity contribution >= 4 is 35.5 Å². The normalized spacial score (nSPS) is 25.3. The quantitative estimate of drug-likeness (QED) is 0.232. The van der Waals surface area contributed by atoms with E-state index in [2.05, 4.69) is 5.32 Å². The number of carbonyl (C=O) groups is 5. The molecule has 0 unspecified atom stereocenters. The molecular formula is C32H45F2NO7. The second kappa shape index (κ2) is 16.5. The number of anilines is 1. The summed E-state index contributed by atoms with van der Waals surface area (Å²) in [6.45, 7) is 7.57. The van der Waals surface area contributed by atoms with Gasteiger partial charge in [-0.25, -0.2) is 8.78 Å². The monoisotopic (exact) mass is 593 g/mol. The summed E-state index contributed by atoms with van der Waals surface area (Å²) in [6.07, 6.45) is 6.81. The lowest BCUT2D eigenvalue weighted by Gasteiger charge is -2.38. The highest BCUT2D eigenvalue weighted by Crippen LogP contribution is 2.44. The third-order valence-electron chi connectivity index (χ3n) is 8.53. The van der Waals surface area contributed by atoms with Crippen molar-refractivity contribution in [3.05, 3.63) is 29.8 Å². The van der Waals surface area contributed by atoms with Crippen LogP contribution in [0.15, 0.2) is 18.2 Å². The lowest BCUT2D eigenvalue weighted by molar-refractivity contribution is -0.161. The molecule has 0 spiro atoms. The Labute approximate surface area is 247 Å². The third-order valence-corrected chi connectivity index (χ3v) is 8.53. The first-order valence-corrected chi connectivity index (χ1v) is 14.9. The van der Waals surface area contributed by atoms with Crippen LogP contribution in [0.3, 0.4) is 0 Å². The first-order valence-electron chi connectivity index (χ1n) is 14.9. The van der Waals surface area contributed by atoms with Crippen LogP contribution in [0.1, 0.15) is 91.9 Å². The average molecular weight is 594 g/mol. The second-order valence-electron chi connectivity index (χ2n) is 11.5. The highest BCUT2D eigenvalue weighted by atomic mass is 19.1. The van der Waals surface area contributed by atoms with Crippen molar-refractivity contribution in [3.63, 3.8) is 0 Å². The predicted octanol–water partition coefficient (Wildman–Crippen LogP) is 6.00. The van der Waals surface area contributed by atoms with E-state index >= 15 is 0 Å². The Balaban J connectivity index is 0.000000317. The van der Waals surface area contributed by atoms with Crippen LogP contribution in [0.4, 0.5) is 14.5 Å². The maximum atomic E-state index is 13.3. The Morgan fingerprint density at radius 2 is 1.33 bits per heavy atom. The smallest absolute Gasteiger partial charge is 0.312 e. The zero-order valence-corrected chi connectivity index (χ0v) is 25.3. The van der Waals surface area contributed by atoms with Gasteiger partial charge in [0, 0.05) is 36.6 Å². The van der Waals surface area contributed by atoms with Gasteiger partial charge in [0.15, 0.2) is 0 Å². The molecule has 42 heavy (non-hydrogen) atoms. The average Bonchev–Trinajstić information content (AvgIpc) is 2.93. The van der Waals surface area contributed by atoms with Crippen LogP contribution >= 0.6 is 0 Å². The van der Waals surface area contributed by atoms with Gasteiger partial charge in [-0.3, -0.25) is 19.2 Å². The molecule has 234 valence electrons. The number of rotatable bonds is 12. The van der Waals surface area contributed by atoms with Crippen molar-refractivity contribution in [1.82, 2.24) is 0 Å². The maximum absolute atomic E-state index is 13.3. The van der Waals surface area contributed by atoms with Crippen molar-refractivity contribution in [1.29, 1.82) is 0 Å². The van der Waals surface area contributed by atoms with E-state index < -0.39 is 22.5 Å². The number of halogens is 2. The van der Waals surface area contributed by atoms with Crippen molar-refractivity contribution in [2.24, 2.45) is 22.7 Å². The molecule has 0 saturated heterocycles. The summed E-state index contributed by atoms with van der Waals surface area (Å²) in [5, 5.41) is 2.97. The van der Waals surface area contributed by atoms with Crippen molar-refractivity contribution in [2.45, 2.75) is 91.9 Å². The molecule has 1 N–H and O–H groups in total. The van der Waals surface area contributed by atoms with Crippen LogP contribution in [-0.4, -0.2) is 49.5 Å². The number of carbonyl (C=O) groups excluding carboxylic acids is 5. The molecule has 4 atom stereocenters. The lowest BCUT2D eigenvalue weighted by Crippen LogP contribution is -2.40. The van der Waals surface area contributed by atoms with Crippen LogP contribution in [0, 0.1) is 34.3 Å². The van der Waals surface area contributed by atoms with Gasteiger partial charge in [0.1, 0.15) is 29.5 Å². The van der Waals surface area contributed by atoms with E-state index in [4.69, 9.17) is 9.47 Å². The molecular weight excluding hydrogens is 548 g/mol. The van der Waals surface area contributed by atoms with Gasteiger partial charge in [-0.15, -0.1) is 0 Å². The molecule has 0 bridgehead atoms. The fourth-order valence-corrected chi connectivity index (χ4v) is 6.22. The van der Waals surface area contributed by atoms with Gasteiger partial charge < -0.3 is 19.6 Å². The first kappa shape index (κ1) is 35.0. The minimum absolute atomic E-state index is 0.0912. The largest absolute Gasteiger partial charge is 0.466 e. The van der Waals surface area contributed by atoms with E-state index in [1.165, 1.54) is 12.1 Å². The van der Waals surface area contributed by atoms with Gasteiger partial charge in [0.2, 0.25) is 0 Å². The number of aldehydes is 1. The van der Waals surface area contributed by atoms with E-state index in [-0.39, 0.29) is 48.4 Å². The number of benzene rings is 1. The van der Waals surface area contributed by atoms with Gasteiger partial charge in [-0.2, -0.15) is 0 Å². The standard InChI is InChI=1S/C19H25F2NO3.C13H20O4/c1-3-25-18(24)19(6-4-5-14(12-19)13(2)23)7-8-22-17-10-15(20)9-16(21)11-17;1-3-17-12(16)13(7-8-14)6-4-5-11(9-13)10(2)15/h9-11,14,22H,3-8,12H2,1-2H3;8,11H,3-7,9H2,1-2H3/t14-,19+;11-,13+/m11/s1. The zero-order chi connectivity index (χ0) is 31.3. The Kier molecular flexibility index (Phi) is 13.7. The number of hydrogen-bond donors (Lipinski definition) is 1. The minimum Gasteiger partial charge on any atom is -0.466 e. The maximum Gasteiger partial charge on any atom is 0.312 e. The van der Waals surface area contributed by atoms with Crippen LogP contribution < -0.4 is 5.32 Å². The molecule has 2 fully saturated rings. The summed E-state index contributed by atoms with van der Waals surface area (Å²) in [5.74, 6) is -1.96. The first-order chi connectivity index (χ1) is 19.9. The topological polar surface area (TPSA) is 116 Å². The lowest BCUT2D eigenvalue weighted by atomic mass is 9.67. The molecule has 0 radical (unpaired) electrons. The van der Waals surface area contributed by atoms with E-state index in [1.807, 2.05) is 0 Å². The molecule has 8 nitrogen and oxygen atoms in total. The zero-order valence-electron chi connectivity index (χ0n) is 25.3. The minimum atomic E-state index is -0.758. The molecule has 1 aromatic rings. The SMILES string of the molecule is CCOC(=O)[C@]1(CC=O)CCC[C@@H](C(C)=O)C1.CCOC(=O)[C@]1(CCNc2cc(F)cc(F)c2)CCC[C@@H](C(C)=O)C1. The highest BCUT2D eigenvalue weighted by molar-refractivity contribution is 5.84. The molecule has 2 saturated carbocycles. The number of nitrogens with one attached hydrogen (secondary N) is 1. The summed E-state index contributed by atoms with van der Waals surface area (Å²) in [7, 11) is 0. The summed E-state index contributed by atoms with van der Waals surface area (Å²) in [4.78, 5) is 58.5. The third kappa shape index (κ3) is 9.70. The van der Waals surface area contributed by atoms with Crippen molar-refractivity contribution in [3.8, 4) is 0 Å². The van der Waals surface area contributed by atoms with Crippen LogP contribution in [0.25, 0.3) is 0 Å². The number of ether oxygens (including phenoxy) is 2. The number of esters is 2. The van der Waals surface area contributed by atoms with Crippen molar-refractivity contribution in [2.75, 3.05) is 25.1 Å². The van der Waals surface area contributed by atoms with Gasteiger partial charge in [0.25, 0.3) is 0 Å². The van der Waals surface area contributed by atoms with Gasteiger partial charge in [0.05, 0.1) is 24.0 Å². The summed E-state index contributed by atoms with van der Waals surface area (Å²) in [5.41, 5.74) is -1.15. The summed E-state index contributed by atoms with van der Waals surface area (Å²) < 4.78 is 36.8. The van der Waals surface area contributed by atoms with Gasteiger partial charge in [-0.05, 0) is 84.8 Å². The molecule has 2 aliphatic carbocycles. The molecule has 0 heterocycles. The molecule has 0 aromatic heterocycles. The summed E-state index contributed by atoms with van der Waals surface area (Å²) in [6, 6.07) is 3.22.